The van der Waals surface area contributed by atoms with Crippen molar-refractivity contribution in [3.63, 3.8) is 0 Å². The van der Waals surface area contributed by atoms with E-state index in [1.165, 1.54) is 25.1 Å². The minimum Gasteiger partial charge on any atom is -0.474 e. The van der Waals surface area contributed by atoms with Crippen LogP contribution in [0.1, 0.15) is 53.0 Å². The lowest BCUT2D eigenvalue weighted by Gasteiger charge is -2.16. The first-order valence-corrected chi connectivity index (χ1v) is 10.9. The number of nitrogens with zero attached hydrogens (tertiary/aromatic N) is 3. The van der Waals surface area contributed by atoms with Gasteiger partial charge in [0, 0.05) is 30.6 Å². The Morgan fingerprint density at radius 2 is 1.91 bits per heavy atom. The number of amides is 1. The molecule has 1 aromatic carbocycles. The molecule has 1 saturated carbocycles. The Hall–Kier alpha value is -3.69. The monoisotopic (exact) mass is 472 g/mol. The predicted molar refractivity (Wildman–Crippen MR) is 118 cm³/mol. The van der Waals surface area contributed by atoms with Crippen LogP contribution >= 0.6 is 0 Å². The Kier molecular flexibility index (Phi) is 6.67. The molecule has 178 valence electrons. The summed E-state index contributed by atoms with van der Waals surface area (Å²) in [5, 5.41) is 6.57. The number of aromatic nitrogens is 3. The molecule has 10 heteroatoms. The van der Waals surface area contributed by atoms with Gasteiger partial charge < -0.3 is 10.1 Å². The average molecular weight is 472 g/mol. The van der Waals surface area contributed by atoms with E-state index < -0.39 is 28.8 Å². The number of halogens is 3. The summed E-state index contributed by atoms with van der Waals surface area (Å²) in [6, 6.07) is 9.34. The van der Waals surface area contributed by atoms with Crippen molar-refractivity contribution in [2.45, 2.75) is 51.4 Å². The van der Waals surface area contributed by atoms with Crippen LogP contribution < -0.4 is 15.5 Å². The van der Waals surface area contributed by atoms with E-state index in [-0.39, 0.29) is 24.0 Å². The number of benzene rings is 1. The first-order chi connectivity index (χ1) is 16.2. The highest BCUT2D eigenvalue weighted by Crippen LogP contribution is 2.33. The molecule has 2 aromatic heterocycles. The summed E-state index contributed by atoms with van der Waals surface area (Å²) < 4.78 is 47.2. The third-order valence-electron chi connectivity index (χ3n) is 5.60. The van der Waals surface area contributed by atoms with Gasteiger partial charge in [-0.15, -0.1) is 0 Å². The van der Waals surface area contributed by atoms with Crippen molar-refractivity contribution in [2.24, 2.45) is 0 Å². The summed E-state index contributed by atoms with van der Waals surface area (Å²) in [5.41, 5.74) is -1.52. The fourth-order valence-electron chi connectivity index (χ4n) is 3.91. The highest BCUT2D eigenvalue weighted by atomic mass is 19.4. The largest absolute Gasteiger partial charge is 0.474 e. The number of rotatable bonds is 6. The van der Waals surface area contributed by atoms with Crippen molar-refractivity contribution in [1.82, 2.24) is 20.1 Å². The predicted octanol–water partition coefficient (Wildman–Crippen LogP) is 4.21. The summed E-state index contributed by atoms with van der Waals surface area (Å²) >= 11 is 0. The van der Waals surface area contributed by atoms with Crippen molar-refractivity contribution in [1.29, 1.82) is 0 Å². The maximum Gasteiger partial charge on any atom is 0.418 e. The molecule has 0 bridgehead atoms. The molecule has 0 spiro atoms. The second-order valence-electron chi connectivity index (χ2n) is 8.13. The number of alkyl halides is 3. The van der Waals surface area contributed by atoms with E-state index in [9.17, 15) is 22.8 Å². The standard InChI is InChI=1S/C24H23F3N4O3/c1-15-12-20(32)22(30-31(15)19-9-5-4-8-18(19)24(25,26)27)23(33)29-14-16-10-11-28-21(13-16)34-17-6-2-3-7-17/h4-5,8-13,17H,2-3,6-7,14H2,1H3,(H,29,33). The van der Waals surface area contributed by atoms with Gasteiger partial charge in [-0.2, -0.15) is 18.3 Å². The minimum atomic E-state index is -4.63. The second-order valence-corrected chi connectivity index (χ2v) is 8.13. The van der Waals surface area contributed by atoms with Crippen LogP contribution in [0.15, 0.2) is 53.5 Å². The molecule has 4 rings (SSSR count). The molecule has 7 nitrogen and oxygen atoms in total. The fraction of sp³-hybridized carbons (Fsp3) is 0.333. The van der Waals surface area contributed by atoms with E-state index >= 15 is 0 Å². The number of hydrogen-bond donors (Lipinski definition) is 1. The number of ether oxygens (including phenoxy) is 1. The number of carbonyl (C=O) groups excluding carboxylic acids is 1. The van der Waals surface area contributed by atoms with Gasteiger partial charge in [0.1, 0.15) is 6.10 Å². The van der Waals surface area contributed by atoms with Gasteiger partial charge in [-0.1, -0.05) is 12.1 Å². The van der Waals surface area contributed by atoms with Crippen LogP contribution in [0.4, 0.5) is 13.2 Å². The molecule has 0 aliphatic heterocycles. The molecule has 0 saturated heterocycles. The van der Waals surface area contributed by atoms with Crippen LogP contribution in [0.2, 0.25) is 0 Å². The van der Waals surface area contributed by atoms with Gasteiger partial charge in [0.2, 0.25) is 11.3 Å². The summed E-state index contributed by atoms with van der Waals surface area (Å²) in [6.07, 6.45) is 1.26. The van der Waals surface area contributed by atoms with Gasteiger partial charge in [-0.25, -0.2) is 9.67 Å². The summed E-state index contributed by atoms with van der Waals surface area (Å²) in [6.45, 7) is 1.52. The van der Waals surface area contributed by atoms with E-state index in [1.54, 1.807) is 18.3 Å². The fourth-order valence-corrected chi connectivity index (χ4v) is 3.91. The number of carbonyl (C=O) groups is 1. The molecular formula is C24H23F3N4O3. The Bertz CT molecular complexity index is 1250. The maximum absolute atomic E-state index is 13.5. The molecule has 0 unspecified atom stereocenters. The molecular weight excluding hydrogens is 449 g/mol. The molecule has 1 fully saturated rings. The van der Waals surface area contributed by atoms with Crippen LogP contribution in [-0.2, 0) is 12.7 Å². The quantitative estimate of drug-likeness (QED) is 0.581. The zero-order chi connectivity index (χ0) is 24.3. The Balaban J connectivity index is 1.54. The van der Waals surface area contributed by atoms with Gasteiger partial charge in [0.15, 0.2) is 5.69 Å². The van der Waals surface area contributed by atoms with Crippen molar-refractivity contribution >= 4 is 5.91 Å². The van der Waals surface area contributed by atoms with Gasteiger partial charge in [-0.05, 0) is 56.4 Å². The first-order valence-electron chi connectivity index (χ1n) is 10.9. The van der Waals surface area contributed by atoms with Gasteiger partial charge in [-0.3, -0.25) is 9.59 Å². The first kappa shape index (κ1) is 23.5. The number of nitrogens with one attached hydrogen (secondary N) is 1. The van der Waals surface area contributed by atoms with E-state index in [1.807, 2.05) is 0 Å². The normalized spacial score (nSPS) is 14.2. The maximum atomic E-state index is 13.5. The Morgan fingerprint density at radius 1 is 1.18 bits per heavy atom. The van der Waals surface area contributed by atoms with E-state index in [2.05, 4.69) is 15.4 Å². The molecule has 1 N–H and O–H groups in total. The molecule has 34 heavy (non-hydrogen) atoms. The molecule has 3 aromatic rings. The van der Waals surface area contributed by atoms with E-state index in [0.29, 0.717) is 11.4 Å². The highest BCUT2D eigenvalue weighted by Gasteiger charge is 2.34. The Morgan fingerprint density at radius 3 is 2.65 bits per heavy atom. The van der Waals surface area contributed by atoms with Crippen LogP contribution in [0.5, 0.6) is 5.88 Å². The van der Waals surface area contributed by atoms with Crippen molar-refractivity contribution in [3.05, 3.63) is 81.4 Å². The van der Waals surface area contributed by atoms with Crippen LogP contribution in [0, 0.1) is 6.92 Å². The second kappa shape index (κ2) is 9.66. The van der Waals surface area contributed by atoms with Gasteiger partial charge in [0.05, 0.1) is 11.3 Å². The molecule has 1 aliphatic rings. The molecule has 1 aliphatic carbocycles. The lowest BCUT2D eigenvalue weighted by atomic mass is 10.1. The third-order valence-corrected chi connectivity index (χ3v) is 5.60. The number of hydrogen-bond acceptors (Lipinski definition) is 5. The van der Waals surface area contributed by atoms with Gasteiger partial charge >= 0.3 is 6.18 Å². The van der Waals surface area contributed by atoms with Crippen molar-refractivity contribution in [2.75, 3.05) is 0 Å². The molecule has 2 heterocycles. The third kappa shape index (κ3) is 5.27. The SMILES string of the molecule is Cc1cc(=O)c(C(=O)NCc2ccnc(OC3CCCC3)c2)nn1-c1ccccc1C(F)(F)F. The van der Waals surface area contributed by atoms with Crippen LogP contribution in [0.3, 0.4) is 0 Å². The molecule has 0 radical (unpaired) electrons. The number of pyridine rings is 1. The van der Waals surface area contributed by atoms with Crippen molar-refractivity contribution in [3.8, 4) is 11.6 Å². The van der Waals surface area contributed by atoms with Crippen LogP contribution in [-0.4, -0.2) is 26.8 Å². The molecule has 1 amide bonds. The summed E-state index contributed by atoms with van der Waals surface area (Å²) in [4.78, 5) is 29.3. The zero-order valence-electron chi connectivity index (χ0n) is 18.4. The smallest absolute Gasteiger partial charge is 0.418 e. The lowest BCUT2D eigenvalue weighted by Crippen LogP contribution is -2.32. The zero-order valence-corrected chi connectivity index (χ0v) is 18.4. The van der Waals surface area contributed by atoms with Gasteiger partial charge in [0.25, 0.3) is 5.91 Å². The summed E-state index contributed by atoms with van der Waals surface area (Å²) in [7, 11) is 0. The lowest BCUT2D eigenvalue weighted by molar-refractivity contribution is -0.137. The minimum absolute atomic E-state index is 0.0660. The Labute approximate surface area is 193 Å². The topological polar surface area (TPSA) is 86.1 Å². The highest BCUT2D eigenvalue weighted by molar-refractivity contribution is 5.92. The molecule has 0 atom stereocenters. The summed E-state index contributed by atoms with van der Waals surface area (Å²) in [5.74, 6) is -0.337. The van der Waals surface area contributed by atoms with E-state index in [4.69, 9.17) is 4.74 Å². The van der Waals surface area contributed by atoms with Crippen LogP contribution in [0.25, 0.3) is 5.69 Å². The van der Waals surface area contributed by atoms with E-state index in [0.717, 1.165) is 42.5 Å². The number of aryl methyl sites for hydroxylation is 1. The number of para-hydroxylation sites is 1. The van der Waals surface area contributed by atoms with Crippen molar-refractivity contribution < 1.29 is 22.7 Å². The average Bonchev–Trinajstić information content (AvgIpc) is 3.30.